The number of nitrogens with zero attached hydrogens (tertiary/aromatic N) is 3. The van der Waals surface area contributed by atoms with Crippen molar-refractivity contribution in [1.82, 2.24) is 14.9 Å². The van der Waals surface area contributed by atoms with Gasteiger partial charge < -0.3 is 10.2 Å². The Balaban J connectivity index is 2.09. The lowest BCUT2D eigenvalue weighted by molar-refractivity contribution is -0.522. The number of aromatic hydroxyl groups is 1. The molecular weight excluding hydrogens is 393 g/mol. The van der Waals surface area contributed by atoms with Crippen LogP contribution in [-0.2, 0) is 6.54 Å². The molecule has 3 aromatic heterocycles. The Hall–Kier alpha value is -1.88. The smallest absolute Gasteiger partial charge is 0.401 e. The van der Waals surface area contributed by atoms with Crippen LogP contribution in [0.3, 0.4) is 0 Å². The van der Waals surface area contributed by atoms with Gasteiger partial charge in [-0.3, -0.25) is 5.32 Å². The number of imidazole rings is 1. The van der Waals surface area contributed by atoms with Crippen molar-refractivity contribution in [1.29, 1.82) is 0 Å². The van der Waals surface area contributed by atoms with Crippen molar-refractivity contribution >= 4 is 28.6 Å². The number of rotatable bonds is 5. The van der Waals surface area contributed by atoms with Crippen molar-refractivity contribution in [2.75, 3.05) is 6.54 Å². The molecular formula is C15H15ClF3N4O2S+. The SMILES string of the molecule is Cc1ccc[n+]2c(O)c(C(O)NCC(F)(F)F)n(Cc3cnc(Cl)s3)c12. The molecule has 3 N–H and O–H groups in total. The first-order valence-corrected chi connectivity index (χ1v) is 8.67. The van der Waals surface area contributed by atoms with E-state index in [-0.39, 0.29) is 18.1 Å². The number of aliphatic hydroxyl groups excluding tert-OH is 1. The summed E-state index contributed by atoms with van der Waals surface area (Å²) in [4.78, 5) is 4.66. The van der Waals surface area contributed by atoms with Crippen LogP contribution in [0.4, 0.5) is 13.2 Å². The fraction of sp³-hybridized carbons (Fsp3) is 0.333. The highest BCUT2D eigenvalue weighted by molar-refractivity contribution is 7.15. The third kappa shape index (κ3) is 3.78. The lowest BCUT2D eigenvalue weighted by atomic mass is 10.3. The van der Waals surface area contributed by atoms with Gasteiger partial charge >= 0.3 is 12.1 Å². The van der Waals surface area contributed by atoms with E-state index in [1.165, 1.54) is 21.9 Å². The second-order valence-corrected chi connectivity index (χ2v) is 7.36. The molecule has 26 heavy (non-hydrogen) atoms. The number of aliphatic hydroxyl groups is 1. The fourth-order valence-corrected chi connectivity index (χ4v) is 3.70. The maximum Gasteiger partial charge on any atom is 0.401 e. The molecule has 11 heteroatoms. The molecule has 1 unspecified atom stereocenters. The fourth-order valence-electron chi connectivity index (χ4n) is 2.73. The second kappa shape index (κ2) is 7.03. The molecule has 0 spiro atoms. The molecule has 0 fully saturated rings. The van der Waals surface area contributed by atoms with Gasteiger partial charge in [-0.2, -0.15) is 17.6 Å². The number of alkyl halides is 3. The van der Waals surface area contributed by atoms with Gasteiger partial charge in [0.05, 0.1) is 17.6 Å². The predicted octanol–water partition coefficient (Wildman–Crippen LogP) is 2.54. The summed E-state index contributed by atoms with van der Waals surface area (Å²) in [6.45, 7) is 0.578. The van der Waals surface area contributed by atoms with E-state index in [2.05, 4.69) is 4.98 Å². The molecule has 0 saturated carbocycles. The number of nitrogens with one attached hydrogen (secondary N) is 1. The molecule has 3 aromatic rings. The van der Waals surface area contributed by atoms with Gasteiger partial charge in [0.2, 0.25) is 5.69 Å². The zero-order valence-electron chi connectivity index (χ0n) is 13.5. The van der Waals surface area contributed by atoms with Gasteiger partial charge in [-0.25, -0.2) is 9.55 Å². The monoisotopic (exact) mass is 407 g/mol. The van der Waals surface area contributed by atoms with Crippen LogP contribution in [0.2, 0.25) is 4.47 Å². The van der Waals surface area contributed by atoms with Crippen molar-refractivity contribution in [3.05, 3.63) is 45.1 Å². The van der Waals surface area contributed by atoms with Gasteiger partial charge in [-0.15, -0.1) is 11.3 Å². The predicted molar refractivity (Wildman–Crippen MR) is 89.2 cm³/mol. The van der Waals surface area contributed by atoms with E-state index in [0.717, 1.165) is 10.4 Å². The van der Waals surface area contributed by atoms with E-state index in [1.54, 1.807) is 29.8 Å². The van der Waals surface area contributed by atoms with Crippen LogP contribution in [0.15, 0.2) is 24.5 Å². The molecule has 140 valence electrons. The average Bonchev–Trinajstić information content (AvgIpc) is 3.08. The molecule has 0 amide bonds. The first-order valence-electron chi connectivity index (χ1n) is 7.48. The zero-order valence-corrected chi connectivity index (χ0v) is 15.0. The molecule has 0 aliphatic carbocycles. The van der Waals surface area contributed by atoms with Gasteiger partial charge in [0.15, 0.2) is 10.7 Å². The van der Waals surface area contributed by atoms with Crippen LogP contribution in [0, 0.1) is 6.92 Å². The van der Waals surface area contributed by atoms with Crippen LogP contribution < -0.4 is 9.72 Å². The Labute approximate surface area is 155 Å². The quantitative estimate of drug-likeness (QED) is 0.449. The van der Waals surface area contributed by atoms with E-state index >= 15 is 0 Å². The minimum absolute atomic E-state index is 0.0759. The Morgan fingerprint density at radius 2 is 2.19 bits per heavy atom. The Kier molecular flexibility index (Phi) is 5.11. The molecule has 0 radical (unpaired) electrons. The second-order valence-electron chi connectivity index (χ2n) is 5.66. The Morgan fingerprint density at radius 3 is 2.81 bits per heavy atom. The normalized spacial score (nSPS) is 13.5. The molecule has 1 atom stereocenters. The third-order valence-electron chi connectivity index (χ3n) is 3.76. The summed E-state index contributed by atoms with van der Waals surface area (Å²) >= 11 is 7.05. The number of pyridine rings is 1. The van der Waals surface area contributed by atoms with Crippen LogP contribution >= 0.6 is 22.9 Å². The summed E-state index contributed by atoms with van der Waals surface area (Å²) in [5.74, 6) is -0.346. The first-order chi connectivity index (χ1) is 12.2. The molecule has 0 saturated heterocycles. The Morgan fingerprint density at radius 1 is 1.46 bits per heavy atom. The van der Waals surface area contributed by atoms with Crippen LogP contribution in [0.5, 0.6) is 5.88 Å². The number of thiazole rings is 1. The molecule has 0 aliphatic rings. The van der Waals surface area contributed by atoms with E-state index in [1.807, 2.05) is 5.32 Å². The van der Waals surface area contributed by atoms with Crippen LogP contribution in [-0.4, -0.2) is 32.5 Å². The van der Waals surface area contributed by atoms with Crippen molar-refractivity contribution in [2.24, 2.45) is 0 Å². The maximum atomic E-state index is 12.5. The molecule has 3 heterocycles. The van der Waals surface area contributed by atoms with Gasteiger partial charge in [0.25, 0.3) is 5.65 Å². The molecule has 0 aromatic carbocycles. The van der Waals surface area contributed by atoms with Crippen molar-refractivity contribution < 1.29 is 27.8 Å². The van der Waals surface area contributed by atoms with Crippen LogP contribution in [0.25, 0.3) is 5.65 Å². The topological polar surface area (TPSA) is 74.4 Å². The highest BCUT2D eigenvalue weighted by Crippen LogP contribution is 2.28. The minimum Gasteiger partial charge on any atom is -0.475 e. The number of fused-ring (bicyclic) bond motifs is 1. The maximum absolute atomic E-state index is 12.5. The largest absolute Gasteiger partial charge is 0.475 e. The van der Waals surface area contributed by atoms with E-state index < -0.39 is 18.9 Å². The summed E-state index contributed by atoms with van der Waals surface area (Å²) in [6, 6.07) is 3.49. The Bertz CT molecular complexity index is 941. The lowest BCUT2D eigenvalue weighted by Gasteiger charge is -2.13. The van der Waals surface area contributed by atoms with Gasteiger partial charge in [-0.1, -0.05) is 11.6 Å². The number of halogens is 4. The van der Waals surface area contributed by atoms with E-state index in [0.29, 0.717) is 10.1 Å². The minimum atomic E-state index is -4.50. The molecule has 0 aliphatic heterocycles. The molecule has 6 nitrogen and oxygen atoms in total. The van der Waals surface area contributed by atoms with E-state index in [4.69, 9.17) is 11.6 Å². The number of hydrogen-bond donors (Lipinski definition) is 3. The lowest BCUT2D eigenvalue weighted by Crippen LogP contribution is -2.33. The summed E-state index contributed by atoms with van der Waals surface area (Å²) in [5, 5.41) is 22.8. The molecule has 0 bridgehead atoms. The standard InChI is InChI=1S/C15H14ClF3N4O2S/c1-8-3-2-4-22-12(8)23(6-9-5-20-14(16)26-9)10(13(22)25)11(24)21-7-15(17,18)19/h2-5,11,21,24H,6-7H2,1H3/p+1. The number of aromatic nitrogens is 3. The van der Waals surface area contributed by atoms with Gasteiger partial charge in [0.1, 0.15) is 6.54 Å². The van der Waals surface area contributed by atoms with Gasteiger partial charge in [-0.05, 0) is 19.1 Å². The summed E-state index contributed by atoms with van der Waals surface area (Å²) in [5.41, 5.74) is 1.23. The highest BCUT2D eigenvalue weighted by atomic mass is 35.5. The van der Waals surface area contributed by atoms with Crippen LogP contribution in [0.1, 0.15) is 22.4 Å². The third-order valence-corrected chi connectivity index (χ3v) is 4.86. The van der Waals surface area contributed by atoms with Crippen molar-refractivity contribution in [3.8, 4) is 5.88 Å². The average molecular weight is 408 g/mol. The summed E-state index contributed by atoms with van der Waals surface area (Å²) in [7, 11) is 0. The highest BCUT2D eigenvalue weighted by Gasteiger charge is 2.35. The first kappa shape index (κ1) is 18.9. The number of hydrogen-bond acceptors (Lipinski definition) is 5. The summed E-state index contributed by atoms with van der Waals surface area (Å²) < 4.78 is 40.7. The van der Waals surface area contributed by atoms with Crippen molar-refractivity contribution in [3.63, 3.8) is 0 Å². The zero-order chi connectivity index (χ0) is 19.1. The van der Waals surface area contributed by atoms with Gasteiger partial charge in [0, 0.05) is 11.8 Å². The summed E-state index contributed by atoms with van der Waals surface area (Å²) in [6.07, 6.45) is -3.12. The van der Waals surface area contributed by atoms with E-state index in [9.17, 15) is 23.4 Å². The molecule has 3 rings (SSSR count). The van der Waals surface area contributed by atoms with Crippen molar-refractivity contribution in [2.45, 2.75) is 25.9 Å². The number of aryl methyl sites for hydroxylation is 1.